The summed E-state index contributed by atoms with van der Waals surface area (Å²) in [7, 11) is -3.85. The van der Waals surface area contributed by atoms with Crippen molar-refractivity contribution in [3.05, 3.63) is 58.6 Å². The van der Waals surface area contributed by atoms with Gasteiger partial charge in [-0.3, -0.25) is 9.89 Å². The fourth-order valence-electron chi connectivity index (χ4n) is 3.69. The van der Waals surface area contributed by atoms with Gasteiger partial charge in [-0.25, -0.2) is 13.4 Å². The Bertz CT molecular complexity index is 1250. The number of hydrogen-bond donors (Lipinski definition) is 2. The van der Waals surface area contributed by atoms with Gasteiger partial charge in [0.2, 0.25) is 21.1 Å². The molecule has 0 saturated carbocycles. The van der Waals surface area contributed by atoms with Gasteiger partial charge >= 0.3 is 0 Å². The fourth-order valence-corrected chi connectivity index (χ4v) is 6.60. The van der Waals surface area contributed by atoms with E-state index in [-0.39, 0.29) is 27.4 Å². The Morgan fingerprint density at radius 1 is 1.21 bits per heavy atom. The van der Waals surface area contributed by atoms with Crippen LogP contribution in [0.4, 0.5) is 0 Å². The third kappa shape index (κ3) is 5.92. The number of carbonyl (C=O) groups is 1. The predicted molar refractivity (Wildman–Crippen MR) is 133 cm³/mol. The summed E-state index contributed by atoms with van der Waals surface area (Å²) < 4.78 is 27.5. The van der Waals surface area contributed by atoms with Crippen molar-refractivity contribution in [1.29, 1.82) is 0 Å². The van der Waals surface area contributed by atoms with Gasteiger partial charge < -0.3 is 5.32 Å². The van der Waals surface area contributed by atoms with Crippen molar-refractivity contribution in [2.75, 3.05) is 25.4 Å². The van der Waals surface area contributed by atoms with Crippen LogP contribution in [0.1, 0.15) is 12.8 Å². The van der Waals surface area contributed by atoms with E-state index >= 15 is 0 Å². The van der Waals surface area contributed by atoms with Crippen LogP contribution in [0.3, 0.4) is 0 Å². The SMILES string of the molecule is O=C(NCCSc1n[nH]c(-c2ccccc2)n1)[C@@H]1CCCN(S(=O)(=O)c2cc(Cl)ccc2Cl)C1. The maximum absolute atomic E-state index is 13.1. The maximum atomic E-state index is 13.1. The van der Waals surface area contributed by atoms with Crippen LogP contribution in [-0.4, -0.2) is 59.2 Å². The number of rotatable bonds is 8. The molecule has 8 nitrogen and oxygen atoms in total. The van der Waals surface area contributed by atoms with Crippen LogP contribution in [0.25, 0.3) is 11.4 Å². The molecule has 0 bridgehead atoms. The molecule has 2 heterocycles. The Balaban J connectivity index is 1.28. The second-order valence-corrected chi connectivity index (χ2v) is 11.6. The fraction of sp³-hybridized carbons (Fsp3) is 0.318. The van der Waals surface area contributed by atoms with Crippen molar-refractivity contribution >= 4 is 50.9 Å². The minimum absolute atomic E-state index is 0.0412. The molecule has 1 aromatic heterocycles. The number of halogens is 2. The molecule has 1 fully saturated rings. The summed E-state index contributed by atoms with van der Waals surface area (Å²) in [5.74, 6) is 0.679. The average molecular weight is 540 g/mol. The first kappa shape index (κ1) is 25.0. The summed E-state index contributed by atoms with van der Waals surface area (Å²) in [6, 6.07) is 14.0. The number of amides is 1. The van der Waals surface area contributed by atoms with Crippen LogP contribution in [0.15, 0.2) is 58.6 Å². The Morgan fingerprint density at radius 2 is 2.00 bits per heavy atom. The molecule has 1 aliphatic heterocycles. The van der Waals surface area contributed by atoms with Gasteiger partial charge in [-0.2, -0.15) is 4.31 Å². The summed E-state index contributed by atoms with van der Waals surface area (Å²) in [5, 5.41) is 11.0. The van der Waals surface area contributed by atoms with E-state index in [0.29, 0.717) is 42.7 Å². The minimum Gasteiger partial charge on any atom is -0.355 e. The monoisotopic (exact) mass is 539 g/mol. The van der Waals surface area contributed by atoms with Crippen molar-refractivity contribution in [2.45, 2.75) is 22.9 Å². The molecule has 1 atom stereocenters. The number of piperidine rings is 1. The van der Waals surface area contributed by atoms with E-state index in [1.165, 1.54) is 34.3 Å². The lowest BCUT2D eigenvalue weighted by atomic mass is 9.99. The lowest BCUT2D eigenvalue weighted by Crippen LogP contribution is -2.45. The first-order chi connectivity index (χ1) is 16.3. The summed E-state index contributed by atoms with van der Waals surface area (Å²) in [6.45, 7) is 0.854. The highest BCUT2D eigenvalue weighted by atomic mass is 35.5. The van der Waals surface area contributed by atoms with Gasteiger partial charge in [0, 0.05) is 36.0 Å². The minimum atomic E-state index is -3.85. The normalized spacial score (nSPS) is 16.9. The van der Waals surface area contributed by atoms with E-state index in [4.69, 9.17) is 23.2 Å². The number of carbonyl (C=O) groups excluding carboxylic acids is 1. The van der Waals surface area contributed by atoms with E-state index in [1.54, 1.807) is 0 Å². The van der Waals surface area contributed by atoms with Gasteiger partial charge in [-0.15, -0.1) is 5.10 Å². The van der Waals surface area contributed by atoms with E-state index in [2.05, 4.69) is 20.5 Å². The molecule has 0 unspecified atom stereocenters. The number of aromatic amines is 1. The Labute approximate surface area is 212 Å². The van der Waals surface area contributed by atoms with E-state index in [0.717, 1.165) is 5.56 Å². The molecule has 180 valence electrons. The number of sulfonamides is 1. The van der Waals surface area contributed by atoms with Gasteiger partial charge in [-0.05, 0) is 31.0 Å². The van der Waals surface area contributed by atoms with Crippen molar-refractivity contribution in [1.82, 2.24) is 24.8 Å². The molecule has 1 aliphatic rings. The standard InChI is InChI=1S/C22H23Cl2N5O3S2/c23-17-8-9-18(24)19(13-17)34(31,32)29-11-4-7-16(14-29)21(30)25-10-12-33-22-26-20(27-28-22)15-5-2-1-3-6-15/h1-3,5-6,8-9,13,16H,4,7,10-12,14H2,(H,25,30)(H,26,27,28)/t16-/m1/s1. The lowest BCUT2D eigenvalue weighted by Gasteiger charge is -2.31. The topological polar surface area (TPSA) is 108 Å². The van der Waals surface area contributed by atoms with Crippen LogP contribution < -0.4 is 5.32 Å². The van der Waals surface area contributed by atoms with Crippen molar-refractivity contribution in [2.24, 2.45) is 5.92 Å². The first-order valence-corrected chi connectivity index (χ1v) is 13.9. The molecule has 3 aromatic rings. The Kier molecular flexibility index (Phi) is 8.15. The second kappa shape index (κ2) is 11.1. The third-order valence-electron chi connectivity index (χ3n) is 5.41. The summed E-state index contributed by atoms with van der Waals surface area (Å²) in [4.78, 5) is 17.1. The molecular weight excluding hydrogens is 517 g/mol. The number of H-pyrrole nitrogens is 1. The van der Waals surface area contributed by atoms with Crippen LogP contribution in [0.2, 0.25) is 10.0 Å². The molecular formula is C22H23Cl2N5O3S2. The number of nitrogens with one attached hydrogen (secondary N) is 2. The number of thioether (sulfide) groups is 1. The van der Waals surface area contributed by atoms with Crippen LogP contribution in [-0.2, 0) is 14.8 Å². The maximum Gasteiger partial charge on any atom is 0.244 e. The second-order valence-electron chi connectivity index (χ2n) is 7.75. The molecule has 2 N–H and O–H groups in total. The lowest BCUT2D eigenvalue weighted by molar-refractivity contribution is -0.125. The molecule has 1 amide bonds. The zero-order valence-corrected chi connectivity index (χ0v) is 21.2. The number of benzene rings is 2. The summed E-state index contributed by atoms with van der Waals surface area (Å²) in [5.41, 5.74) is 0.950. The van der Waals surface area contributed by atoms with Crippen molar-refractivity contribution in [3.8, 4) is 11.4 Å². The predicted octanol–water partition coefficient (Wildman–Crippen LogP) is 4.09. The molecule has 0 spiro atoms. The zero-order valence-electron chi connectivity index (χ0n) is 18.1. The van der Waals surface area contributed by atoms with Crippen LogP contribution in [0, 0.1) is 5.92 Å². The van der Waals surface area contributed by atoms with E-state index < -0.39 is 15.9 Å². The molecule has 2 aromatic carbocycles. The highest BCUT2D eigenvalue weighted by molar-refractivity contribution is 7.99. The molecule has 34 heavy (non-hydrogen) atoms. The van der Waals surface area contributed by atoms with Gasteiger partial charge in [-0.1, -0.05) is 65.3 Å². The highest BCUT2D eigenvalue weighted by Gasteiger charge is 2.34. The average Bonchev–Trinajstić information content (AvgIpc) is 3.33. The van der Waals surface area contributed by atoms with Crippen LogP contribution in [0.5, 0.6) is 0 Å². The number of aromatic nitrogens is 3. The first-order valence-electron chi connectivity index (χ1n) is 10.7. The molecule has 0 radical (unpaired) electrons. The van der Waals surface area contributed by atoms with Gasteiger partial charge in [0.05, 0.1) is 10.9 Å². The van der Waals surface area contributed by atoms with E-state index in [1.807, 2.05) is 30.3 Å². The Morgan fingerprint density at radius 3 is 2.79 bits per heavy atom. The number of nitrogens with zero attached hydrogens (tertiary/aromatic N) is 3. The smallest absolute Gasteiger partial charge is 0.244 e. The molecule has 4 rings (SSSR count). The molecule has 12 heteroatoms. The summed E-state index contributed by atoms with van der Waals surface area (Å²) in [6.07, 6.45) is 1.21. The Hall–Kier alpha value is -2.11. The molecule has 1 saturated heterocycles. The molecule has 0 aliphatic carbocycles. The third-order valence-corrected chi connectivity index (χ3v) is 8.84. The zero-order chi connectivity index (χ0) is 24.1. The van der Waals surface area contributed by atoms with Gasteiger partial charge in [0.15, 0.2) is 5.82 Å². The summed E-state index contributed by atoms with van der Waals surface area (Å²) >= 11 is 13.5. The quantitative estimate of drug-likeness (QED) is 0.329. The van der Waals surface area contributed by atoms with Gasteiger partial charge in [0.1, 0.15) is 4.90 Å². The largest absolute Gasteiger partial charge is 0.355 e. The van der Waals surface area contributed by atoms with E-state index in [9.17, 15) is 13.2 Å². The highest BCUT2D eigenvalue weighted by Crippen LogP contribution is 2.30. The van der Waals surface area contributed by atoms with Gasteiger partial charge in [0.25, 0.3) is 0 Å². The van der Waals surface area contributed by atoms with Crippen LogP contribution >= 0.6 is 35.0 Å². The van der Waals surface area contributed by atoms with Crippen molar-refractivity contribution < 1.29 is 13.2 Å². The van der Waals surface area contributed by atoms with Crippen molar-refractivity contribution in [3.63, 3.8) is 0 Å². The number of hydrogen-bond acceptors (Lipinski definition) is 6.